The van der Waals surface area contributed by atoms with Crippen molar-refractivity contribution in [3.8, 4) is 5.75 Å². The number of primary amides is 1. The number of amides is 3. The van der Waals surface area contributed by atoms with E-state index in [0.717, 1.165) is 30.6 Å². The van der Waals surface area contributed by atoms with E-state index in [0.29, 0.717) is 30.1 Å². The lowest BCUT2D eigenvalue weighted by atomic mass is 9.97. The average Bonchev–Trinajstić information content (AvgIpc) is 2.78. The molecule has 0 bridgehead atoms. The predicted octanol–water partition coefficient (Wildman–Crippen LogP) is 2.04. The molecular weight excluding hydrogens is 396 g/mol. The van der Waals surface area contributed by atoms with E-state index in [1.807, 2.05) is 24.3 Å². The van der Waals surface area contributed by atoms with Gasteiger partial charge in [0.15, 0.2) is 11.9 Å². The number of piperidine rings is 1. The Bertz CT molecular complexity index is 1010. The molecule has 0 radical (unpaired) electrons. The van der Waals surface area contributed by atoms with Crippen LogP contribution in [-0.2, 0) is 16.1 Å². The summed E-state index contributed by atoms with van der Waals surface area (Å²) in [5.41, 5.74) is 8.34. The van der Waals surface area contributed by atoms with Gasteiger partial charge in [-0.2, -0.15) is 0 Å². The molecule has 0 saturated carbocycles. The minimum atomic E-state index is -0.655. The van der Waals surface area contributed by atoms with Crippen molar-refractivity contribution in [3.05, 3.63) is 53.6 Å². The molecule has 2 aliphatic heterocycles. The number of nitrogens with one attached hydrogen (secondary N) is 2. The van der Waals surface area contributed by atoms with Crippen LogP contribution < -0.4 is 26.0 Å². The topological polar surface area (TPSA) is 114 Å². The molecule has 31 heavy (non-hydrogen) atoms. The molecule has 2 atom stereocenters. The summed E-state index contributed by atoms with van der Waals surface area (Å²) < 4.78 is 5.65. The number of fused-ring (bicyclic) bond motifs is 1. The standard InChI is InChI=1S/C23H26N4O4/c1-14-22(29)26-19-6-2-5-18(20(19)31-14)23(30)25-12-15-7-9-17(10-8-15)27-11-3-4-16(13-27)21(24)28/h2,5-10,14,16H,3-4,11-13H2,1H3,(H2,24,28)(H,25,30)(H,26,29). The predicted molar refractivity (Wildman–Crippen MR) is 117 cm³/mol. The molecule has 2 unspecified atom stereocenters. The lowest BCUT2D eigenvalue weighted by molar-refractivity contribution is -0.123. The van der Waals surface area contributed by atoms with E-state index in [9.17, 15) is 14.4 Å². The van der Waals surface area contributed by atoms with Gasteiger partial charge in [0.1, 0.15) is 0 Å². The zero-order chi connectivity index (χ0) is 22.0. The highest BCUT2D eigenvalue weighted by atomic mass is 16.5. The summed E-state index contributed by atoms with van der Waals surface area (Å²) in [7, 11) is 0. The molecule has 0 aliphatic carbocycles. The van der Waals surface area contributed by atoms with Crippen LogP contribution in [0.5, 0.6) is 5.75 Å². The first-order valence-corrected chi connectivity index (χ1v) is 10.4. The smallest absolute Gasteiger partial charge is 0.265 e. The molecular formula is C23H26N4O4. The van der Waals surface area contributed by atoms with E-state index in [4.69, 9.17) is 10.5 Å². The summed E-state index contributed by atoms with van der Waals surface area (Å²) in [6.45, 7) is 3.53. The van der Waals surface area contributed by atoms with Crippen LogP contribution in [0.1, 0.15) is 35.7 Å². The van der Waals surface area contributed by atoms with Gasteiger partial charge in [0.25, 0.3) is 11.8 Å². The lowest BCUT2D eigenvalue weighted by Crippen LogP contribution is -2.41. The van der Waals surface area contributed by atoms with E-state index in [1.165, 1.54) is 0 Å². The fourth-order valence-corrected chi connectivity index (χ4v) is 3.95. The van der Waals surface area contributed by atoms with Gasteiger partial charge < -0.3 is 26.0 Å². The second-order valence-corrected chi connectivity index (χ2v) is 7.97. The monoisotopic (exact) mass is 422 g/mol. The minimum absolute atomic E-state index is 0.112. The van der Waals surface area contributed by atoms with Crippen molar-refractivity contribution < 1.29 is 19.1 Å². The maximum atomic E-state index is 12.7. The third kappa shape index (κ3) is 4.47. The van der Waals surface area contributed by atoms with Gasteiger partial charge in [0.05, 0.1) is 17.2 Å². The van der Waals surface area contributed by atoms with Gasteiger partial charge >= 0.3 is 0 Å². The van der Waals surface area contributed by atoms with Gasteiger partial charge in [-0.3, -0.25) is 14.4 Å². The van der Waals surface area contributed by atoms with Gasteiger partial charge in [-0.15, -0.1) is 0 Å². The van der Waals surface area contributed by atoms with Crippen LogP contribution in [0.25, 0.3) is 0 Å². The van der Waals surface area contributed by atoms with Crippen molar-refractivity contribution in [3.63, 3.8) is 0 Å². The number of carbonyl (C=O) groups excluding carboxylic acids is 3. The third-order valence-electron chi connectivity index (χ3n) is 5.76. The number of nitrogens with two attached hydrogens (primary N) is 1. The van der Waals surface area contributed by atoms with Gasteiger partial charge in [-0.1, -0.05) is 18.2 Å². The molecule has 2 heterocycles. The highest BCUT2D eigenvalue weighted by molar-refractivity contribution is 6.03. The summed E-state index contributed by atoms with van der Waals surface area (Å²) in [6.07, 6.45) is 1.12. The summed E-state index contributed by atoms with van der Waals surface area (Å²) in [6, 6.07) is 13.0. The summed E-state index contributed by atoms with van der Waals surface area (Å²) >= 11 is 0. The molecule has 162 valence electrons. The Morgan fingerprint density at radius 2 is 2.00 bits per heavy atom. The Labute approximate surface area is 180 Å². The zero-order valence-electron chi connectivity index (χ0n) is 17.4. The quantitative estimate of drug-likeness (QED) is 0.682. The molecule has 4 N–H and O–H groups in total. The molecule has 3 amide bonds. The molecule has 8 heteroatoms. The van der Waals surface area contributed by atoms with E-state index >= 15 is 0 Å². The van der Waals surface area contributed by atoms with Crippen LogP contribution >= 0.6 is 0 Å². The van der Waals surface area contributed by atoms with Crippen LogP contribution in [0.3, 0.4) is 0 Å². The van der Waals surface area contributed by atoms with Crippen LogP contribution in [0.4, 0.5) is 11.4 Å². The number of carbonyl (C=O) groups is 3. The second kappa shape index (κ2) is 8.67. The summed E-state index contributed by atoms with van der Waals surface area (Å²) in [4.78, 5) is 38.2. The van der Waals surface area contributed by atoms with Gasteiger partial charge in [0.2, 0.25) is 5.91 Å². The summed E-state index contributed by atoms with van der Waals surface area (Å²) in [5.74, 6) is -0.480. The molecule has 0 spiro atoms. The van der Waals surface area contributed by atoms with Crippen molar-refractivity contribution in [2.75, 3.05) is 23.3 Å². The number of anilines is 2. The highest BCUT2D eigenvalue weighted by Gasteiger charge is 2.27. The Morgan fingerprint density at radius 1 is 1.23 bits per heavy atom. The lowest BCUT2D eigenvalue weighted by Gasteiger charge is -2.33. The van der Waals surface area contributed by atoms with Crippen molar-refractivity contribution in [1.82, 2.24) is 5.32 Å². The minimum Gasteiger partial charge on any atom is -0.478 e. The number of benzene rings is 2. The zero-order valence-corrected chi connectivity index (χ0v) is 17.4. The fraction of sp³-hybridized carbons (Fsp3) is 0.348. The molecule has 2 aromatic rings. The van der Waals surface area contributed by atoms with Gasteiger partial charge in [-0.25, -0.2) is 0 Å². The molecule has 1 fully saturated rings. The first kappa shape index (κ1) is 20.7. The number of para-hydroxylation sites is 1. The normalized spacial score (nSPS) is 20.3. The number of hydrogen-bond donors (Lipinski definition) is 3. The van der Waals surface area contributed by atoms with Crippen molar-refractivity contribution in [1.29, 1.82) is 0 Å². The largest absolute Gasteiger partial charge is 0.478 e. The first-order valence-electron chi connectivity index (χ1n) is 10.4. The van der Waals surface area contributed by atoms with Crippen LogP contribution in [-0.4, -0.2) is 36.9 Å². The fourth-order valence-electron chi connectivity index (χ4n) is 3.95. The van der Waals surface area contributed by atoms with Gasteiger partial charge in [-0.05, 0) is 49.6 Å². The molecule has 2 aliphatic rings. The average molecular weight is 422 g/mol. The number of nitrogens with zero attached hydrogens (tertiary/aromatic N) is 1. The van der Waals surface area contributed by atoms with E-state index < -0.39 is 6.10 Å². The number of ether oxygens (including phenoxy) is 1. The van der Waals surface area contributed by atoms with Crippen molar-refractivity contribution in [2.24, 2.45) is 11.7 Å². The van der Waals surface area contributed by atoms with E-state index in [2.05, 4.69) is 15.5 Å². The van der Waals surface area contributed by atoms with E-state index in [-0.39, 0.29) is 23.6 Å². The maximum Gasteiger partial charge on any atom is 0.265 e. The second-order valence-electron chi connectivity index (χ2n) is 7.97. The summed E-state index contributed by atoms with van der Waals surface area (Å²) in [5, 5.41) is 5.65. The Balaban J connectivity index is 1.39. The van der Waals surface area contributed by atoms with Crippen molar-refractivity contribution >= 4 is 29.1 Å². The molecule has 1 saturated heterocycles. The molecule has 4 rings (SSSR count). The Hall–Kier alpha value is -3.55. The molecule has 2 aromatic carbocycles. The maximum absolute atomic E-state index is 12.7. The number of hydrogen-bond acceptors (Lipinski definition) is 5. The first-order chi connectivity index (χ1) is 14.9. The Kier molecular flexibility index (Phi) is 5.79. The molecule has 0 aromatic heterocycles. The molecule has 8 nitrogen and oxygen atoms in total. The van der Waals surface area contributed by atoms with E-state index in [1.54, 1.807) is 25.1 Å². The SMILES string of the molecule is CC1Oc2c(cccc2C(=O)NCc2ccc(N3CCCC(C(N)=O)C3)cc2)NC1=O. The van der Waals surface area contributed by atoms with Crippen LogP contribution in [0, 0.1) is 5.92 Å². The van der Waals surface area contributed by atoms with Crippen LogP contribution in [0.2, 0.25) is 0 Å². The van der Waals surface area contributed by atoms with Crippen molar-refractivity contribution in [2.45, 2.75) is 32.4 Å². The highest BCUT2D eigenvalue weighted by Crippen LogP contribution is 2.33. The Morgan fingerprint density at radius 3 is 2.74 bits per heavy atom. The van der Waals surface area contributed by atoms with Gasteiger partial charge in [0, 0.05) is 25.3 Å². The van der Waals surface area contributed by atoms with Crippen LogP contribution in [0.15, 0.2) is 42.5 Å². The third-order valence-corrected chi connectivity index (χ3v) is 5.76. The number of rotatable bonds is 5.